The zero-order chi connectivity index (χ0) is 16.1. The number of carboxylic acid groups (broad SMARTS) is 1. The molecule has 2 rings (SSSR count). The van der Waals surface area contributed by atoms with Crippen molar-refractivity contribution >= 4 is 23.5 Å². The first-order valence-electron chi connectivity index (χ1n) is 6.53. The fraction of sp³-hybridized carbons (Fsp3) is 0.200. The zero-order valence-electron chi connectivity index (χ0n) is 11.8. The molecule has 0 aliphatic rings. The van der Waals surface area contributed by atoms with Gasteiger partial charge in [-0.25, -0.2) is 4.98 Å². The van der Waals surface area contributed by atoms with Crippen LogP contribution in [-0.4, -0.2) is 27.0 Å². The Bertz CT molecular complexity index is 689. The standard InChI is InChI=1S/C15H14ClN3O3/c1-9-7-18-13(8-17-9)15(22)19-12(6-14(20)21)10-4-2-3-5-11(10)16/h2-5,7-8,12H,6H2,1H3,(H,19,22)(H,20,21)/t12-/m0/s1. The molecule has 22 heavy (non-hydrogen) atoms. The molecule has 7 heteroatoms. The van der Waals surface area contributed by atoms with Crippen LogP contribution < -0.4 is 5.32 Å². The average molecular weight is 320 g/mol. The van der Waals surface area contributed by atoms with Gasteiger partial charge >= 0.3 is 5.97 Å². The van der Waals surface area contributed by atoms with Crippen molar-refractivity contribution in [3.63, 3.8) is 0 Å². The van der Waals surface area contributed by atoms with E-state index in [1.165, 1.54) is 12.4 Å². The Hall–Kier alpha value is -2.47. The minimum atomic E-state index is -1.04. The summed E-state index contributed by atoms with van der Waals surface area (Å²) in [5, 5.41) is 12.1. The highest BCUT2D eigenvalue weighted by molar-refractivity contribution is 6.31. The minimum absolute atomic E-state index is 0.119. The van der Waals surface area contributed by atoms with E-state index in [1.807, 2.05) is 0 Å². The summed E-state index contributed by atoms with van der Waals surface area (Å²) in [5.41, 5.74) is 1.35. The number of halogens is 1. The molecule has 1 amide bonds. The van der Waals surface area contributed by atoms with Crippen molar-refractivity contribution in [3.8, 4) is 0 Å². The molecule has 0 aliphatic carbocycles. The van der Waals surface area contributed by atoms with Crippen LogP contribution in [0.15, 0.2) is 36.7 Å². The molecule has 0 fully saturated rings. The molecule has 0 aliphatic heterocycles. The highest BCUT2D eigenvalue weighted by atomic mass is 35.5. The van der Waals surface area contributed by atoms with Crippen molar-refractivity contribution in [3.05, 3.63) is 58.6 Å². The number of carboxylic acids is 1. The van der Waals surface area contributed by atoms with Gasteiger partial charge in [-0.2, -0.15) is 0 Å². The number of benzene rings is 1. The van der Waals surface area contributed by atoms with Gasteiger partial charge in [0.05, 0.1) is 24.4 Å². The van der Waals surface area contributed by atoms with Crippen molar-refractivity contribution in [2.24, 2.45) is 0 Å². The molecular formula is C15H14ClN3O3. The lowest BCUT2D eigenvalue weighted by atomic mass is 10.0. The van der Waals surface area contributed by atoms with E-state index in [4.69, 9.17) is 16.7 Å². The van der Waals surface area contributed by atoms with Gasteiger partial charge in [0.15, 0.2) is 0 Å². The maximum Gasteiger partial charge on any atom is 0.305 e. The molecule has 1 aromatic heterocycles. The Morgan fingerprint density at radius 1 is 1.27 bits per heavy atom. The Morgan fingerprint density at radius 3 is 2.59 bits per heavy atom. The van der Waals surface area contributed by atoms with Crippen LogP contribution >= 0.6 is 11.6 Å². The molecule has 1 heterocycles. The van der Waals surface area contributed by atoms with Crippen molar-refractivity contribution in [1.82, 2.24) is 15.3 Å². The molecule has 0 radical (unpaired) electrons. The van der Waals surface area contributed by atoms with E-state index in [-0.39, 0.29) is 12.1 Å². The van der Waals surface area contributed by atoms with Gasteiger partial charge in [-0.3, -0.25) is 14.6 Å². The van der Waals surface area contributed by atoms with Gasteiger partial charge in [-0.1, -0.05) is 29.8 Å². The van der Waals surface area contributed by atoms with E-state index in [1.54, 1.807) is 31.2 Å². The normalized spacial score (nSPS) is 11.7. The fourth-order valence-electron chi connectivity index (χ4n) is 1.91. The second-order valence-corrected chi connectivity index (χ2v) is 5.10. The predicted molar refractivity (Wildman–Crippen MR) is 80.7 cm³/mol. The third-order valence-electron chi connectivity index (χ3n) is 2.98. The summed E-state index contributed by atoms with van der Waals surface area (Å²) in [7, 11) is 0. The van der Waals surface area contributed by atoms with E-state index in [9.17, 15) is 9.59 Å². The first-order valence-corrected chi connectivity index (χ1v) is 6.91. The first-order chi connectivity index (χ1) is 10.5. The van der Waals surface area contributed by atoms with Crippen molar-refractivity contribution in [2.45, 2.75) is 19.4 Å². The summed E-state index contributed by atoms with van der Waals surface area (Å²) in [4.78, 5) is 31.2. The van der Waals surface area contributed by atoms with Crippen molar-refractivity contribution in [1.29, 1.82) is 0 Å². The Labute approximate surface area is 132 Å². The van der Waals surface area contributed by atoms with E-state index in [2.05, 4.69) is 15.3 Å². The summed E-state index contributed by atoms with van der Waals surface area (Å²) >= 11 is 6.08. The molecule has 1 aromatic carbocycles. The summed E-state index contributed by atoms with van der Waals surface area (Å²) in [6.07, 6.45) is 2.53. The lowest BCUT2D eigenvalue weighted by Gasteiger charge is -2.18. The number of amides is 1. The second-order valence-electron chi connectivity index (χ2n) is 4.69. The molecule has 2 aromatic rings. The van der Waals surface area contributed by atoms with Crippen molar-refractivity contribution < 1.29 is 14.7 Å². The lowest BCUT2D eigenvalue weighted by Crippen LogP contribution is -2.31. The Morgan fingerprint density at radius 2 is 2.00 bits per heavy atom. The summed E-state index contributed by atoms with van der Waals surface area (Å²) < 4.78 is 0. The monoisotopic (exact) mass is 319 g/mol. The number of hydrogen-bond donors (Lipinski definition) is 2. The van der Waals surface area contributed by atoms with Crippen LogP contribution in [-0.2, 0) is 4.79 Å². The molecular weight excluding hydrogens is 306 g/mol. The third kappa shape index (κ3) is 4.02. The van der Waals surface area contributed by atoms with Gasteiger partial charge in [0.25, 0.3) is 5.91 Å². The minimum Gasteiger partial charge on any atom is -0.481 e. The van der Waals surface area contributed by atoms with Gasteiger partial charge in [0.1, 0.15) is 5.69 Å². The first kappa shape index (κ1) is 15.9. The van der Waals surface area contributed by atoms with Gasteiger partial charge in [0, 0.05) is 11.2 Å². The fourth-order valence-corrected chi connectivity index (χ4v) is 2.18. The molecule has 114 valence electrons. The quantitative estimate of drug-likeness (QED) is 0.882. The Kier molecular flexibility index (Phi) is 5.06. The predicted octanol–water partition coefficient (Wildman–Crippen LogP) is 2.38. The highest BCUT2D eigenvalue weighted by Gasteiger charge is 2.21. The molecule has 2 N–H and O–H groups in total. The van der Waals surface area contributed by atoms with E-state index < -0.39 is 17.9 Å². The van der Waals surface area contributed by atoms with Crippen LogP contribution in [0.25, 0.3) is 0 Å². The van der Waals surface area contributed by atoms with E-state index >= 15 is 0 Å². The van der Waals surface area contributed by atoms with E-state index in [0.29, 0.717) is 16.3 Å². The van der Waals surface area contributed by atoms with Crippen LogP contribution in [0.1, 0.15) is 34.2 Å². The highest BCUT2D eigenvalue weighted by Crippen LogP contribution is 2.25. The van der Waals surface area contributed by atoms with Gasteiger partial charge in [-0.15, -0.1) is 0 Å². The zero-order valence-corrected chi connectivity index (χ0v) is 12.5. The molecule has 0 saturated heterocycles. The summed E-state index contributed by atoms with van der Waals surface area (Å²) in [6, 6.07) is 6.03. The molecule has 0 spiro atoms. The molecule has 6 nitrogen and oxygen atoms in total. The smallest absolute Gasteiger partial charge is 0.305 e. The number of aliphatic carboxylic acids is 1. The maximum atomic E-state index is 12.2. The number of carbonyl (C=O) groups excluding carboxylic acids is 1. The molecule has 1 atom stereocenters. The molecule has 0 bridgehead atoms. The summed E-state index contributed by atoms with van der Waals surface area (Å²) in [5.74, 6) is -1.54. The number of carbonyl (C=O) groups is 2. The lowest BCUT2D eigenvalue weighted by molar-refractivity contribution is -0.137. The van der Waals surface area contributed by atoms with Gasteiger partial charge in [-0.05, 0) is 18.6 Å². The Balaban J connectivity index is 2.23. The number of rotatable bonds is 5. The number of hydrogen-bond acceptors (Lipinski definition) is 4. The third-order valence-corrected chi connectivity index (χ3v) is 3.32. The summed E-state index contributed by atoms with van der Waals surface area (Å²) in [6.45, 7) is 1.76. The van der Waals surface area contributed by atoms with Crippen LogP contribution in [0.2, 0.25) is 5.02 Å². The topological polar surface area (TPSA) is 92.2 Å². The van der Waals surface area contributed by atoms with Crippen molar-refractivity contribution in [2.75, 3.05) is 0 Å². The van der Waals surface area contributed by atoms with Crippen LogP contribution in [0.4, 0.5) is 0 Å². The average Bonchev–Trinajstić information content (AvgIpc) is 2.47. The number of nitrogens with one attached hydrogen (secondary N) is 1. The number of aryl methyl sites for hydroxylation is 1. The number of nitrogens with zero attached hydrogens (tertiary/aromatic N) is 2. The largest absolute Gasteiger partial charge is 0.481 e. The van der Waals surface area contributed by atoms with Crippen LogP contribution in [0.5, 0.6) is 0 Å². The van der Waals surface area contributed by atoms with Crippen LogP contribution in [0.3, 0.4) is 0 Å². The van der Waals surface area contributed by atoms with E-state index in [0.717, 1.165) is 0 Å². The van der Waals surface area contributed by atoms with Gasteiger partial charge in [0.2, 0.25) is 0 Å². The maximum absolute atomic E-state index is 12.2. The SMILES string of the molecule is Cc1cnc(C(=O)N[C@@H](CC(=O)O)c2ccccc2Cl)cn1. The second kappa shape index (κ2) is 7.00. The van der Waals surface area contributed by atoms with Crippen LogP contribution in [0, 0.1) is 6.92 Å². The number of aromatic nitrogens is 2. The molecule has 0 saturated carbocycles. The molecule has 0 unspecified atom stereocenters. The van der Waals surface area contributed by atoms with Gasteiger partial charge < -0.3 is 10.4 Å².